The van der Waals surface area contributed by atoms with Crippen LogP contribution in [0.1, 0.15) is 180 Å². The number of Topliss-reactive ketones (excluding diaryl/α,β-unsaturated/α-hetero) is 2. The van der Waals surface area contributed by atoms with E-state index in [-0.39, 0.29) is 67.1 Å². The summed E-state index contributed by atoms with van der Waals surface area (Å²) in [6, 6.07) is 29.1. The molecule has 0 radical (unpaired) electrons. The lowest BCUT2D eigenvalue weighted by Crippen LogP contribution is -2.42. The summed E-state index contributed by atoms with van der Waals surface area (Å²) in [6.07, 6.45) is 19.5. The van der Waals surface area contributed by atoms with E-state index in [0.29, 0.717) is 50.0 Å². The minimum atomic E-state index is -1.13. The van der Waals surface area contributed by atoms with E-state index in [4.69, 9.17) is 21.8 Å². The molecule has 0 amide bonds. The van der Waals surface area contributed by atoms with Crippen LogP contribution in [-0.4, -0.2) is 75.5 Å². The molecular weight excluding hydrogens is 988 g/mol. The molecule has 13 heteroatoms. The van der Waals surface area contributed by atoms with Crippen LogP contribution in [0, 0.1) is 30.2 Å². The van der Waals surface area contributed by atoms with E-state index in [1.807, 2.05) is 133 Å². The van der Waals surface area contributed by atoms with E-state index in [1.54, 1.807) is 0 Å². The highest BCUT2D eigenvalue weighted by molar-refractivity contribution is 5.86. The second-order valence-corrected chi connectivity index (χ2v) is 22.6. The molecule has 0 saturated heterocycles. The number of benzene rings is 3. The van der Waals surface area contributed by atoms with Crippen molar-refractivity contribution in [1.82, 2.24) is 0 Å². The molecular formula is C62H93Cl2N2O9+. The number of rotatable bonds is 19. The number of ether oxygens (including phenoxy) is 2. The van der Waals surface area contributed by atoms with Crippen LogP contribution in [0.5, 0.6) is 0 Å². The predicted molar refractivity (Wildman–Crippen MR) is 306 cm³/mol. The van der Waals surface area contributed by atoms with E-state index in [0.717, 1.165) is 48.7 Å². The summed E-state index contributed by atoms with van der Waals surface area (Å²) >= 11 is 0. The van der Waals surface area contributed by atoms with Gasteiger partial charge in [-0.05, 0) is 102 Å². The van der Waals surface area contributed by atoms with Gasteiger partial charge in [0.1, 0.15) is 29.7 Å². The van der Waals surface area contributed by atoms with Gasteiger partial charge in [-0.25, -0.2) is 0 Å². The number of carbonyl (C=O) groups excluding carboxylic acids is 5. The molecule has 6 rings (SSSR count). The number of esters is 2. The van der Waals surface area contributed by atoms with Crippen molar-refractivity contribution in [2.75, 3.05) is 0 Å². The van der Waals surface area contributed by atoms with Crippen molar-refractivity contribution in [3.8, 4) is 6.57 Å². The number of aliphatic hydroxyl groups is 2. The first kappa shape index (κ1) is 68.6. The maximum atomic E-state index is 12.7. The van der Waals surface area contributed by atoms with Gasteiger partial charge >= 0.3 is 11.9 Å². The first-order valence-corrected chi connectivity index (χ1v) is 27.3. The molecule has 418 valence electrons. The Morgan fingerprint density at radius 3 is 1.31 bits per heavy atom. The Balaban J connectivity index is 0.000000525. The summed E-state index contributed by atoms with van der Waals surface area (Å²) in [7, 11) is 0. The molecule has 3 aromatic rings. The molecule has 2 unspecified atom stereocenters. The predicted octanol–water partition coefficient (Wildman–Crippen LogP) is 12.8. The lowest BCUT2D eigenvalue weighted by Gasteiger charge is -2.27. The highest BCUT2D eigenvalue weighted by Crippen LogP contribution is 2.30. The van der Waals surface area contributed by atoms with E-state index in [9.17, 15) is 34.2 Å². The molecule has 0 spiro atoms. The van der Waals surface area contributed by atoms with Gasteiger partial charge < -0.3 is 30.2 Å². The molecule has 75 heavy (non-hydrogen) atoms. The number of aldehydes is 1. The van der Waals surface area contributed by atoms with Gasteiger partial charge in [0.25, 0.3) is 12.6 Å². The van der Waals surface area contributed by atoms with Gasteiger partial charge in [-0.2, -0.15) is 0 Å². The van der Waals surface area contributed by atoms with Crippen LogP contribution in [0.25, 0.3) is 4.85 Å². The van der Waals surface area contributed by atoms with Crippen LogP contribution in [-0.2, 0) is 52.7 Å². The Labute approximate surface area is 462 Å². The summed E-state index contributed by atoms with van der Waals surface area (Å²) in [5, 5.41) is 20.9. The van der Waals surface area contributed by atoms with E-state index in [2.05, 4.69) is 4.85 Å². The molecule has 3 aliphatic carbocycles. The van der Waals surface area contributed by atoms with Crippen LogP contribution >= 0.6 is 24.8 Å². The Morgan fingerprint density at radius 2 is 0.933 bits per heavy atom. The second kappa shape index (κ2) is 37.4. The van der Waals surface area contributed by atoms with Crippen LogP contribution < -0.4 is 5.73 Å². The molecule has 3 aromatic carbocycles. The molecule has 0 bridgehead atoms. The summed E-state index contributed by atoms with van der Waals surface area (Å²) in [6.45, 7) is 16.0. The monoisotopic (exact) mass is 1080 g/mol. The Bertz CT molecular complexity index is 2070. The van der Waals surface area contributed by atoms with Crippen molar-refractivity contribution in [3.05, 3.63) is 113 Å². The Morgan fingerprint density at radius 1 is 0.573 bits per heavy atom. The van der Waals surface area contributed by atoms with Crippen LogP contribution in [0.4, 0.5) is 0 Å². The first-order valence-electron chi connectivity index (χ1n) is 27.3. The molecule has 0 aliphatic heterocycles. The molecule has 0 heterocycles. The largest absolute Gasteiger partial charge is 0.460 e. The number of aliphatic hydroxyl groups excluding tert-OH is 2. The first-order chi connectivity index (χ1) is 34.7. The summed E-state index contributed by atoms with van der Waals surface area (Å²) in [5.41, 5.74) is 8.03. The third kappa shape index (κ3) is 30.8. The summed E-state index contributed by atoms with van der Waals surface area (Å²) in [5.74, 6) is -0.856. The molecule has 3 saturated carbocycles. The number of hydrogen-bond donors (Lipinski definition) is 3. The molecule has 11 nitrogen and oxygen atoms in total. The van der Waals surface area contributed by atoms with E-state index < -0.39 is 35.4 Å². The Kier molecular flexibility index (Phi) is 34.2. The third-order valence-electron chi connectivity index (χ3n) is 13.6. The number of nitrogens with two attached hydrogens (primary N) is 1. The zero-order valence-corrected chi connectivity index (χ0v) is 47.7. The zero-order valence-electron chi connectivity index (χ0n) is 46.1. The minimum absolute atomic E-state index is 0. The molecule has 3 aliphatic rings. The van der Waals surface area contributed by atoms with E-state index in [1.165, 1.54) is 70.6 Å². The fourth-order valence-electron chi connectivity index (χ4n) is 9.81. The van der Waals surface area contributed by atoms with Crippen molar-refractivity contribution in [3.63, 3.8) is 0 Å². The SMILES string of the molecule is C#[N+]C1CCCCC1.CC(C)(C)OC(=O)C[C@@H](Cc1ccccc1)C(O)C(=O)CC1CCCCC1.CC(C)(C)OC(=O)C[C@H](C=O)Cc1ccccc1.Cl.Cl.N[C@@H](Cc1ccccc1)C(O)C(=O)CC1CCCCC1. The number of carbonyl (C=O) groups is 5. The smallest absolute Gasteiger partial charge is 0.307 e. The van der Waals surface area contributed by atoms with Crippen molar-refractivity contribution in [1.29, 1.82) is 0 Å². The number of ketones is 2. The number of hydrogen-bond acceptors (Lipinski definition) is 10. The Hall–Kier alpha value is -4.44. The molecule has 4 N–H and O–H groups in total. The zero-order chi connectivity index (χ0) is 53.7. The summed E-state index contributed by atoms with van der Waals surface area (Å²) in [4.78, 5) is 63.5. The average molecular weight is 1080 g/mol. The summed E-state index contributed by atoms with van der Waals surface area (Å²) < 4.78 is 10.6. The lowest BCUT2D eigenvalue weighted by molar-refractivity contribution is -0.158. The fourth-order valence-corrected chi connectivity index (χ4v) is 9.81. The standard InChI is InChI=1S/C23H34O4.C17H25NO2.C15H20O3.C7H12N.2ClH/c1-23(2,3)27-21(25)16-19(14-17-10-6-4-7-11-17)22(26)20(24)15-18-12-8-5-9-13-18;18-15(11-13-7-3-1-4-8-13)17(20)16(19)12-14-9-5-2-6-10-14;1-15(2,3)18-14(17)10-13(11-16)9-12-7-5-4-6-8-12;1-8-7-5-3-2-4-6-7;;/h4,6-7,10-11,18-19,22,26H,5,8-9,12-16H2,1-3H3;1,3-4,7-8,14-15,17,20H,2,5-6,9-12,18H2;4-8,11,13H,9-10H2,1-3H3;1,7H,2-6H2;2*1H/q;;;+1;;/t19-,22?;15-,17?;13-;;;/m101.../s1. The van der Waals surface area contributed by atoms with Crippen molar-refractivity contribution >= 4 is 54.6 Å². The lowest BCUT2D eigenvalue weighted by atomic mass is 9.82. The second-order valence-electron chi connectivity index (χ2n) is 22.6. The average Bonchev–Trinajstić information content (AvgIpc) is 3.36. The number of halogens is 2. The van der Waals surface area contributed by atoms with Gasteiger partial charge in [0, 0.05) is 43.6 Å². The molecule has 0 aromatic heterocycles. The van der Waals surface area contributed by atoms with Crippen molar-refractivity contribution in [2.24, 2.45) is 29.4 Å². The van der Waals surface area contributed by atoms with Crippen molar-refractivity contribution in [2.45, 2.75) is 218 Å². The van der Waals surface area contributed by atoms with Gasteiger partial charge in [0.15, 0.2) is 11.6 Å². The van der Waals surface area contributed by atoms with Crippen LogP contribution in [0.2, 0.25) is 0 Å². The van der Waals surface area contributed by atoms with Gasteiger partial charge in [-0.3, -0.25) is 19.2 Å². The van der Waals surface area contributed by atoms with Crippen molar-refractivity contribution < 1.29 is 43.7 Å². The highest BCUT2D eigenvalue weighted by atomic mass is 35.5. The van der Waals surface area contributed by atoms with Gasteiger partial charge in [-0.1, -0.05) is 166 Å². The topological polar surface area (TPSA) is 175 Å². The van der Waals surface area contributed by atoms with Gasteiger partial charge in [-0.15, -0.1) is 24.8 Å². The molecule has 5 atom stereocenters. The maximum absolute atomic E-state index is 12.7. The maximum Gasteiger partial charge on any atom is 0.307 e. The third-order valence-corrected chi connectivity index (χ3v) is 13.6. The van der Waals surface area contributed by atoms with E-state index >= 15 is 0 Å². The number of nitrogens with zero attached hydrogens (tertiary/aromatic N) is 1. The van der Waals surface area contributed by atoms with Gasteiger partial charge in [0.2, 0.25) is 0 Å². The van der Waals surface area contributed by atoms with Gasteiger partial charge in [0.05, 0.1) is 12.8 Å². The molecule has 3 fully saturated rings. The highest BCUT2D eigenvalue weighted by Gasteiger charge is 2.32. The van der Waals surface area contributed by atoms with Crippen LogP contribution in [0.15, 0.2) is 91.0 Å². The normalized spacial score (nSPS) is 17.1. The fraction of sp³-hybridized carbons (Fsp3) is 0.613. The minimum Gasteiger partial charge on any atom is -0.460 e. The van der Waals surface area contributed by atoms with Crippen LogP contribution in [0.3, 0.4) is 0 Å². The quantitative estimate of drug-likeness (QED) is 0.0774.